The van der Waals surface area contributed by atoms with Gasteiger partial charge in [0.2, 0.25) is 0 Å². The van der Waals surface area contributed by atoms with Crippen molar-refractivity contribution in [2.75, 3.05) is 0 Å². The van der Waals surface area contributed by atoms with Crippen molar-refractivity contribution in [3.05, 3.63) is 50.4 Å². The SMILES string of the molecule is Cc1nc(CNC2Cc3ccc(Cl)cc3C2)cs1. The number of fused-ring (bicyclic) bond motifs is 1. The molecule has 0 aliphatic heterocycles. The number of nitrogens with one attached hydrogen (secondary N) is 1. The van der Waals surface area contributed by atoms with E-state index in [0.717, 1.165) is 35.1 Å². The van der Waals surface area contributed by atoms with Crippen molar-refractivity contribution in [1.82, 2.24) is 10.3 Å². The highest BCUT2D eigenvalue weighted by atomic mass is 35.5. The average molecular weight is 279 g/mol. The average Bonchev–Trinajstić information content (AvgIpc) is 2.92. The summed E-state index contributed by atoms with van der Waals surface area (Å²) in [7, 11) is 0. The summed E-state index contributed by atoms with van der Waals surface area (Å²) in [5.74, 6) is 0. The lowest BCUT2D eigenvalue weighted by Gasteiger charge is -2.10. The van der Waals surface area contributed by atoms with Gasteiger partial charge in [0.15, 0.2) is 0 Å². The Balaban J connectivity index is 1.61. The van der Waals surface area contributed by atoms with Gasteiger partial charge in [0, 0.05) is 23.0 Å². The van der Waals surface area contributed by atoms with Crippen LogP contribution in [0.3, 0.4) is 0 Å². The fourth-order valence-electron chi connectivity index (χ4n) is 2.47. The summed E-state index contributed by atoms with van der Waals surface area (Å²) in [6, 6.07) is 6.73. The van der Waals surface area contributed by atoms with Crippen LogP contribution >= 0.6 is 22.9 Å². The van der Waals surface area contributed by atoms with Crippen LogP contribution in [0.1, 0.15) is 21.8 Å². The van der Waals surface area contributed by atoms with Crippen molar-refractivity contribution in [3.63, 3.8) is 0 Å². The maximum Gasteiger partial charge on any atom is 0.0897 e. The molecular formula is C14H15ClN2S. The molecular weight excluding hydrogens is 264 g/mol. The predicted molar refractivity (Wildman–Crippen MR) is 76.3 cm³/mol. The molecule has 1 unspecified atom stereocenters. The van der Waals surface area contributed by atoms with E-state index >= 15 is 0 Å². The first-order valence-corrected chi connectivity index (χ1v) is 7.38. The molecule has 1 aromatic carbocycles. The van der Waals surface area contributed by atoms with Crippen LogP contribution in [0.25, 0.3) is 0 Å². The lowest BCUT2D eigenvalue weighted by molar-refractivity contribution is 0.528. The van der Waals surface area contributed by atoms with Gasteiger partial charge in [-0.05, 0) is 43.0 Å². The van der Waals surface area contributed by atoms with Crippen LogP contribution < -0.4 is 5.32 Å². The molecule has 0 saturated heterocycles. The molecule has 1 atom stereocenters. The Kier molecular flexibility index (Phi) is 3.37. The predicted octanol–water partition coefficient (Wildman–Crippen LogP) is 3.36. The lowest BCUT2D eigenvalue weighted by atomic mass is 10.1. The summed E-state index contributed by atoms with van der Waals surface area (Å²) < 4.78 is 0. The molecule has 0 saturated carbocycles. The molecule has 2 aromatic rings. The second kappa shape index (κ2) is 5.00. The molecule has 3 rings (SSSR count). The van der Waals surface area contributed by atoms with Crippen LogP contribution in [-0.2, 0) is 19.4 Å². The van der Waals surface area contributed by atoms with E-state index < -0.39 is 0 Å². The number of halogens is 1. The summed E-state index contributed by atoms with van der Waals surface area (Å²) >= 11 is 7.73. The molecule has 0 amide bonds. The Morgan fingerprint density at radius 2 is 2.22 bits per heavy atom. The van der Waals surface area contributed by atoms with Crippen LogP contribution in [0.15, 0.2) is 23.6 Å². The molecule has 1 aliphatic rings. The minimum absolute atomic E-state index is 0.514. The normalized spacial score (nSPS) is 18.0. The fourth-order valence-corrected chi connectivity index (χ4v) is 3.28. The summed E-state index contributed by atoms with van der Waals surface area (Å²) in [5, 5.41) is 7.68. The Morgan fingerprint density at radius 3 is 3.00 bits per heavy atom. The minimum Gasteiger partial charge on any atom is -0.308 e. The second-order valence-corrected chi connectivity index (χ2v) is 6.26. The largest absolute Gasteiger partial charge is 0.308 e. The second-order valence-electron chi connectivity index (χ2n) is 4.76. The molecule has 0 fully saturated rings. The minimum atomic E-state index is 0.514. The van der Waals surface area contributed by atoms with Gasteiger partial charge in [-0.3, -0.25) is 0 Å². The zero-order valence-corrected chi connectivity index (χ0v) is 11.8. The van der Waals surface area contributed by atoms with E-state index in [2.05, 4.69) is 27.8 Å². The van der Waals surface area contributed by atoms with E-state index in [1.807, 2.05) is 13.0 Å². The smallest absolute Gasteiger partial charge is 0.0897 e. The van der Waals surface area contributed by atoms with Gasteiger partial charge >= 0.3 is 0 Å². The molecule has 1 aliphatic carbocycles. The van der Waals surface area contributed by atoms with Gasteiger partial charge in [-0.1, -0.05) is 17.7 Å². The van der Waals surface area contributed by atoms with Gasteiger partial charge < -0.3 is 5.32 Å². The van der Waals surface area contributed by atoms with Gasteiger partial charge in [0.25, 0.3) is 0 Å². The third-order valence-corrected chi connectivity index (χ3v) is 4.40. The van der Waals surface area contributed by atoms with Crippen molar-refractivity contribution < 1.29 is 0 Å². The molecule has 1 N–H and O–H groups in total. The van der Waals surface area contributed by atoms with Crippen LogP contribution in [-0.4, -0.2) is 11.0 Å². The third kappa shape index (κ3) is 2.58. The monoisotopic (exact) mass is 278 g/mol. The summed E-state index contributed by atoms with van der Waals surface area (Å²) in [5.41, 5.74) is 3.95. The number of thiazole rings is 1. The molecule has 94 valence electrons. The molecule has 2 nitrogen and oxygen atoms in total. The third-order valence-electron chi connectivity index (χ3n) is 3.34. The van der Waals surface area contributed by atoms with Crippen LogP contribution in [0, 0.1) is 6.92 Å². The number of benzene rings is 1. The fraction of sp³-hybridized carbons (Fsp3) is 0.357. The molecule has 18 heavy (non-hydrogen) atoms. The first-order valence-electron chi connectivity index (χ1n) is 6.12. The number of aryl methyl sites for hydroxylation is 1. The Morgan fingerprint density at radius 1 is 1.39 bits per heavy atom. The maximum atomic E-state index is 6.02. The quantitative estimate of drug-likeness (QED) is 0.931. The number of hydrogen-bond donors (Lipinski definition) is 1. The number of rotatable bonds is 3. The Bertz CT molecular complexity index is 565. The Hall–Kier alpha value is -0.900. The molecule has 0 bridgehead atoms. The standard InChI is InChI=1S/C14H15ClN2S/c1-9-17-14(8-18-9)7-16-13-5-10-2-3-12(15)4-11(10)6-13/h2-4,8,13,16H,5-7H2,1H3. The van der Waals surface area contributed by atoms with Crippen LogP contribution in [0.2, 0.25) is 5.02 Å². The van der Waals surface area contributed by atoms with E-state index in [1.54, 1.807) is 11.3 Å². The van der Waals surface area contributed by atoms with Gasteiger partial charge in [-0.15, -0.1) is 11.3 Å². The summed E-state index contributed by atoms with van der Waals surface area (Å²) in [6.07, 6.45) is 2.16. The van der Waals surface area contributed by atoms with Crippen molar-refractivity contribution in [1.29, 1.82) is 0 Å². The van der Waals surface area contributed by atoms with Crippen LogP contribution in [0.4, 0.5) is 0 Å². The number of nitrogens with zero attached hydrogens (tertiary/aromatic N) is 1. The maximum absolute atomic E-state index is 6.02. The topological polar surface area (TPSA) is 24.9 Å². The first kappa shape index (κ1) is 12.2. The number of aromatic nitrogens is 1. The summed E-state index contributed by atoms with van der Waals surface area (Å²) in [4.78, 5) is 4.47. The van der Waals surface area contributed by atoms with Crippen molar-refractivity contribution in [2.24, 2.45) is 0 Å². The van der Waals surface area contributed by atoms with E-state index in [-0.39, 0.29) is 0 Å². The highest BCUT2D eigenvalue weighted by Crippen LogP contribution is 2.25. The van der Waals surface area contributed by atoms with E-state index in [0.29, 0.717) is 6.04 Å². The molecule has 1 heterocycles. The molecule has 4 heteroatoms. The highest BCUT2D eigenvalue weighted by molar-refractivity contribution is 7.09. The van der Waals surface area contributed by atoms with Gasteiger partial charge in [0.05, 0.1) is 10.7 Å². The summed E-state index contributed by atoms with van der Waals surface area (Å²) in [6.45, 7) is 2.90. The molecule has 0 spiro atoms. The molecule has 0 radical (unpaired) electrons. The van der Waals surface area contributed by atoms with E-state index in [4.69, 9.17) is 11.6 Å². The lowest BCUT2D eigenvalue weighted by Crippen LogP contribution is -2.29. The number of hydrogen-bond acceptors (Lipinski definition) is 3. The van der Waals surface area contributed by atoms with Gasteiger partial charge in [-0.25, -0.2) is 4.98 Å². The first-order chi connectivity index (χ1) is 8.70. The van der Waals surface area contributed by atoms with Crippen LogP contribution in [0.5, 0.6) is 0 Å². The molecule has 1 aromatic heterocycles. The van der Waals surface area contributed by atoms with Gasteiger partial charge in [0.1, 0.15) is 0 Å². The Labute approximate surface area is 116 Å². The highest BCUT2D eigenvalue weighted by Gasteiger charge is 2.21. The zero-order valence-electron chi connectivity index (χ0n) is 10.2. The van der Waals surface area contributed by atoms with Gasteiger partial charge in [-0.2, -0.15) is 0 Å². The van der Waals surface area contributed by atoms with Crippen molar-refractivity contribution >= 4 is 22.9 Å². The van der Waals surface area contributed by atoms with E-state index in [1.165, 1.54) is 11.1 Å². The zero-order chi connectivity index (χ0) is 12.5. The van der Waals surface area contributed by atoms with Crippen molar-refractivity contribution in [2.45, 2.75) is 32.4 Å². The van der Waals surface area contributed by atoms with Crippen molar-refractivity contribution in [3.8, 4) is 0 Å². The van der Waals surface area contributed by atoms with E-state index in [9.17, 15) is 0 Å².